The summed E-state index contributed by atoms with van der Waals surface area (Å²) in [5.74, 6) is -1.39. The van der Waals surface area contributed by atoms with E-state index >= 15 is 0 Å². The molecule has 0 spiro atoms. The molecule has 2 fully saturated rings. The lowest BCUT2D eigenvalue weighted by Gasteiger charge is -2.42. The summed E-state index contributed by atoms with van der Waals surface area (Å²) in [6.07, 6.45) is -15.9. The van der Waals surface area contributed by atoms with E-state index in [-0.39, 0.29) is 39.5 Å². The maximum atomic E-state index is 13.8. The van der Waals surface area contributed by atoms with E-state index in [0.717, 1.165) is 0 Å². The van der Waals surface area contributed by atoms with Crippen LogP contribution < -0.4 is 19.6 Å². The van der Waals surface area contributed by atoms with Crippen LogP contribution in [0.3, 0.4) is 0 Å². The summed E-state index contributed by atoms with van der Waals surface area (Å²) in [5.41, 5.74) is -0.862. The quantitative estimate of drug-likeness (QED) is 0.146. The van der Waals surface area contributed by atoms with E-state index in [0.29, 0.717) is 0 Å². The van der Waals surface area contributed by atoms with E-state index in [1.54, 1.807) is 0 Å². The summed E-state index contributed by atoms with van der Waals surface area (Å²) in [6.45, 7) is 0.868. The Morgan fingerprint density at radius 1 is 0.778 bits per heavy atom. The molecule has 16 nitrogen and oxygen atoms in total. The van der Waals surface area contributed by atoms with Gasteiger partial charge in [-0.05, 0) is 25.1 Å². The fraction of sp³-hybridized carbons (Fsp3) is 0.483. The summed E-state index contributed by atoms with van der Waals surface area (Å²) >= 11 is 0. The Balaban J connectivity index is 1.50. The highest BCUT2D eigenvalue weighted by molar-refractivity contribution is 5.88. The number of hydrogen-bond acceptors (Lipinski definition) is 16. The Bertz CT molecular complexity index is 1570. The molecule has 3 heterocycles. The van der Waals surface area contributed by atoms with Crippen LogP contribution in [0, 0.1) is 0 Å². The smallest absolute Gasteiger partial charge is 0.239 e. The second kappa shape index (κ2) is 13.0. The van der Waals surface area contributed by atoms with Gasteiger partial charge in [0.05, 0.1) is 26.9 Å². The standard InChI is InChI=1S/C29H34O16/c1-10-19(32)22(35)24(37)28(42-10)41-9-17-20(33)23(36)25(38)29(44-17)45-27-21(34)18-14(31)7-12(39-2)8-16(18)43-26(27)11-4-5-13(30)15(6-11)40-3/h4-8,10,17,19-20,22-25,28-33,35-38H,9H2,1-3H3/t10-,17+,19+,20+,22+,23-,24-,25-,28-,29+/m1/s1. The van der Waals surface area contributed by atoms with E-state index < -0.39 is 84.9 Å². The average Bonchev–Trinajstić information content (AvgIpc) is 3.02. The van der Waals surface area contributed by atoms with Crippen molar-refractivity contribution in [2.24, 2.45) is 0 Å². The van der Waals surface area contributed by atoms with Gasteiger partial charge in [0.2, 0.25) is 17.5 Å². The molecule has 10 atom stereocenters. The van der Waals surface area contributed by atoms with Crippen LogP contribution in [0.2, 0.25) is 0 Å². The predicted octanol–water partition coefficient (Wildman–Crippen LogP) is -1.08. The maximum absolute atomic E-state index is 13.8. The Hall–Kier alpha value is -3.71. The first kappa shape index (κ1) is 32.7. The SMILES string of the molecule is COc1cc(O)c2c(=O)c(O[C@@H]3O[C@@H](CO[C@@H]4O[C@H](C)[C@H](O)[C@H](O)[C@H]4O)[C@H](O)[C@@H](O)[C@H]3O)c(-c3ccc(O)c(OC)c3)oc2c1. The highest BCUT2D eigenvalue weighted by atomic mass is 16.7. The van der Waals surface area contributed by atoms with Gasteiger partial charge in [-0.25, -0.2) is 0 Å². The molecule has 2 saturated heterocycles. The normalized spacial score (nSPS) is 31.9. The van der Waals surface area contributed by atoms with Gasteiger partial charge in [0.25, 0.3) is 0 Å². The number of aliphatic hydroxyl groups is 6. The molecule has 0 unspecified atom stereocenters. The van der Waals surface area contributed by atoms with E-state index in [1.807, 2.05) is 0 Å². The first-order valence-corrected chi connectivity index (χ1v) is 13.8. The number of fused-ring (bicyclic) bond motifs is 1. The number of aliphatic hydroxyl groups excluding tert-OH is 6. The first-order valence-electron chi connectivity index (χ1n) is 13.8. The monoisotopic (exact) mass is 638 g/mol. The number of rotatable bonds is 8. The Morgan fingerprint density at radius 3 is 2.16 bits per heavy atom. The molecular formula is C29H34O16. The van der Waals surface area contributed by atoms with Crippen LogP contribution in [0.4, 0.5) is 0 Å². The minimum atomic E-state index is -1.92. The topological polar surface area (TPSA) is 247 Å². The Morgan fingerprint density at radius 2 is 1.47 bits per heavy atom. The molecule has 8 N–H and O–H groups in total. The largest absolute Gasteiger partial charge is 0.507 e. The van der Waals surface area contributed by atoms with Gasteiger partial charge in [-0.1, -0.05) is 0 Å². The number of benzene rings is 2. The number of aromatic hydroxyl groups is 2. The van der Waals surface area contributed by atoms with Gasteiger partial charge in [-0.2, -0.15) is 0 Å². The Kier molecular flexibility index (Phi) is 9.41. The molecule has 0 bridgehead atoms. The lowest BCUT2D eigenvalue weighted by Crippen LogP contribution is -2.61. The molecule has 2 aromatic carbocycles. The third-order valence-corrected chi connectivity index (χ3v) is 7.72. The molecule has 0 aliphatic carbocycles. The van der Waals surface area contributed by atoms with Crippen LogP contribution in [0.1, 0.15) is 6.92 Å². The molecule has 3 aromatic rings. The minimum Gasteiger partial charge on any atom is -0.507 e. The van der Waals surface area contributed by atoms with Crippen molar-refractivity contribution in [3.63, 3.8) is 0 Å². The van der Waals surface area contributed by atoms with Crippen molar-refractivity contribution in [3.8, 4) is 40.1 Å². The van der Waals surface area contributed by atoms with Gasteiger partial charge in [0, 0.05) is 17.7 Å². The highest BCUT2D eigenvalue weighted by Crippen LogP contribution is 2.40. The van der Waals surface area contributed by atoms with Crippen molar-refractivity contribution in [1.29, 1.82) is 0 Å². The van der Waals surface area contributed by atoms with Crippen molar-refractivity contribution >= 4 is 11.0 Å². The number of ether oxygens (including phenoxy) is 6. The molecule has 2 aliphatic heterocycles. The van der Waals surface area contributed by atoms with Crippen molar-refractivity contribution in [2.45, 2.75) is 68.3 Å². The van der Waals surface area contributed by atoms with Crippen LogP contribution in [-0.2, 0) is 14.2 Å². The van der Waals surface area contributed by atoms with E-state index in [9.17, 15) is 45.6 Å². The van der Waals surface area contributed by atoms with Gasteiger partial charge in [-0.15, -0.1) is 0 Å². The average molecular weight is 639 g/mol. The highest BCUT2D eigenvalue weighted by Gasteiger charge is 2.47. The molecule has 1 aromatic heterocycles. The van der Waals surface area contributed by atoms with Crippen LogP contribution in [0.25, 0.3) is 22.3 Å². The summed E-state index contributed by atoms with van der Waals surface area (Å²) in [4.78, 5) is 13.8. The second-order valence-electron chi connectivity index (χ2n) is 10.6. The summed E-state index contributed by atoms with van der Waals surface area (Å²) in [6, 6.07) is 6.50. The van der Waals surface area contributed by atoms with Gasteiger partial charge < -0.3 is 73.7 Å². The van der Waals surface area contributed by atoms with Crippen molar-refractivity contribution in [3.05, 3.63) is 40.6 Å². The van der Waals surface area contributed by atoms with E-state index in [4.69, 9.17) is 32.8 Å². The molecule has 0 saturated carbocycles. The molecule has 0 radical (unpaired) electrons. The summed E-state index contributed by atoms with van der Waals surface area (Å²) in [5, 5.41) is 82.6. The van der Waals surface area contributed by atoms with Crippen LogP contribution >= 0.6 is 0 Å². The summed E-state index contributed by atoms with van der Waals surface area (Å²) in [7, 11) is 2.65. The van der Waals surface area contributed by atoms with Gasteiger partial charge in [0.1, 0.15) is 65.2 Å². The minimum absolute atomic E-state index is 0.0125. The predicted molar refractivity (Wildman–Crippen MR) is 150 cm³/mol. The van der Waals surface area contributed by atoms with Gasteiger partial charge >= 0.3 is 0 Å². The molecule has 2 aliphatic rings. The zero-order chi connectivity index (χ0) is 32.7. The molecular weight excluding hydrogens is 604 g/mol. The van der Waals surface area contributed by atoms with E-state index in [1.165, 1.54) is 51.5 Å². The molecule has 45 heavy (non-hydrogen) atoms. The number of hydrogen-bond donors (Lipinski definition) is 8. The molecule has 5 rings (SSSR count). The number of methoxy groups -OCH3 is 2. The zero-order valence-corrected chi connectivity index (χ0v) is 24.2. The Labute approximate surface area is 254 Å². The van der Waals surface area contributed by atoms with Crippen molar-refractivity contribution in [1.82, 2.24) is 0 Å². The summed E-state index contributed by atoms with van der Waals surface area (Å²) < 4.78 is 38.7. The second-order valence-corrected chi connectivity index (χ2v) is 10.6. The lowest BCUT2D eigenvalue weighted by atomic mass is 9.98. The number of phenols is 2. The fourth-order valence-corrected chi connectivity index (χ4v) is 5.10. The van der Waals surface area contributed by atoms with Gasteiger partial charge in [-0.3, -0.25) is 4.79 Å². The number of phenolic OH excluding ortho intramolecular Hbond substituents is 2. The maximum Gasteiger partial charge on any atom is 0.239 e. The van der Waals surface area contributed by atoms with Crippen molar-refractivity contribution < 1.29 is 73.7 Å². The molecule has 16 heteroatoms. The molecule has 246 valence electrons. The van der Waals surface area contributed by atoms with Crippen molar-refractivity contribution in [2.75, 3.05) is 20.8 Å². The van der Waals surface area contributed by atoms with Gasteiger partial charge in [0.15, 0.2) is 23.5 Å². The lowest BCUT2D eigenvalue weighted by molar-refractivity contribution is -0.318. The van der Waals surface area contributed by atoms with Crippen LogP contribution in [-0.4, -0.2) is 123 Å². The fourth-order valence-electron chi connectivity index (χ4n) is 5.10. The molecule has 0 amide bonds. The third-order valence-electron chi connectivity index (χ3n) is 7.72. The third kappa shape index (κ3) is 6.11. The van der Waals surface area contributed by atoms with Crippen LogP contribution in [0.15, 0.2) is 39.5 Å². The zero-order valence-electron chi connectivity index (χ0n) is 24.2. The van der Waals surface area contributed by atoms with E-state index in [2.05, 4.69) is 0 Å². The van der Waals surface area contributed by atoms with Crippen LogP contribution in [0.5, 0.6) is 28.7 Å². The first-order chi connectivity index (χ1) is 21.4.